The van der Waals surface area contributed by atoms with E-state index in [2.05, 4.69) is 4.74 Å². The Morgan fingerprint density at radius 1 is 1.47 bits per heavy atom. The molecule has 7 heteroatoms. The van der Waals surface area contributed by atoms with Crippen molar-refractivity contribution >= 4 is 22.1 Å². The second-order valence-electron chi connectivity index (χ2n) is 3.26. The van der Waals surface area contributed by atoms with E-state index < -0.39 is 27.3 Å². The largest absolute Gasteiger partial charge is 0.465 e. The minimum atomic E-state index is -3.64. The maximum Gasteiger partial charge on any atom is 0.321 e. The van der Waals surface area contributed by atoms with Crippen molar-refractivity contribution in [2.75, 3.05) is 12.4 Å². The first-order valence-electron chi connectivity index (χ1n) is 4.87. The number of aldehydes is 1. The third-order valence-electron chi connectivity index (χ3n) is 1.80. The molecular weight excluding hydrogens is 248 g/mol. The van der Waals surface area contributed by atoms with E-state index >= 15 is 0 Å². The molecule has 0 radical (unpaired) electrons. The molecule has 0 amide bonds. The van der Waals surface area contributed by atoms with Crippen LogP contribution in [0.2, 0.25) is 0 Å². The second-order valence-corrected chi connectivity index (χ2v) is 5.32. The Kier molecular flexibility index (Phi) is 4.45. The molecule has 94 valence electrons. The summed E-state index contributed by atoms with van der Waals surface area (Å²) in [6.07, 6.45) is 0.474. The first-order valence-corrected chi connectivity index (χ1v) is 6.69. The molecule has 6 nitrogen and oxygen atoms in total. The fourth-order valence-corrected chi connectivity index (χ4v) is 2.32. The normalized spacial score (nSPS) is 11.1. The summed E-state index contributed by atoms with van der Waals surface area (Å²) in [5, 5.41) is 0. The van der Waals surface area contributed by atoms with Gasteiger partial charge >= 0.3 is 5.97 Å². The lowest BCUT2D eigenvalue weighted by Crippen LogP contribution is -2.19. The van der Waals surface area contributed by atoms with Crippen molar-refractivity contribution in [3.8, 4) is 0 Å². The zero-order chi connectivity index (χ0) is 12.9. The van der Waals surface area contributed by atoms with Gasteiger partial charge < -0.3 is 9.15 Å². The van der Waals surface area contributed by atoms with Crippen LogP contribution in [0.15, 0.2) is 16.5 Å². The van der Waals surface area contributed by atoms with E-state index in [-0.39, 0.29) is 18.1 Å². The Bertz CT molecular complexity index is 499. The Morgan fingerprint density at radius 3 is 2.71 bits per heavy atom. The molecule has 0 bridgehead atoms. The standard InChI is InChI=1S/C10H12O6S/c1-2-15-10(12)7-17(13,14)6-9-4-3-8(5-11)16-9/h3-5H,2,6-7H2,1H3. The van der Waals surface area contributed by atoms with Crippen molar-refractivity contribution in [1.82, 2.24) is 0 Å². The highest BCUT2D eigenvalue weighted by molar-refractivity contribution is 7.91. The summed E-state index contributed by atoms with van der Waals surface area (Å²) in [4.78, 5) is 21.4. The average molecular weight is 260 g/mol. The fraction of sp³-hybridized carbons (Fsp3) is 0.400. The van der Waals surface area contributed by atoms with Crippen LogP contribution in [-0.4, -0.2) is 33.0 Å². The van der Waals surface area contributed by atoms with Crippen molar-refractivity contribution in [2.24, 2.45) is 0 Å². The lowest BCUT2D eigenvalue weighted by Gasteiger charge is -2.02. The van der Waals surface area contributed by atoms with Gasteiger partial charge in [-0.15, -0.1) is 0 Å². The summed E-state index contributed by atoms with van der Waals surface area (Å²) in [5.74, 6) is -1.75. The van der Waals surface area contributed by atoms with E-state index in [4.69, 9.17) is 4.42 Å². The first-order chi connectivity index (χ1) is 7.96. The summed E-state index contributed by atoms with van der Waals surface area (Å²) in [6, 6.07) is 2.74. The number of sulfone groups is 1. The fourth-order valence-electron chi connectivity index (χ4n) is 1.19. The summed E-state index contributed by atoms with van der Waals surface area (Å²) in [6.45, 7) is 1.72. The number of rotatable bonds is 6. The number of ether oxygens (including phenoxy) is 1. The van der Waals surface area contributed by atoms with Crippen molar-refractivity contribution in [1.29, 1.82) is 0 Å². The van der Waals surface area contributed by atoms with Crippen LogP contribution in [0.1, 0.15) is 23.2 Å². The van der Waals surface area contributed by atoms with Gasteiger partial charge in [-0.1, -0.05) is 0 Å². The van der Waals surface area contributed by atoms with Crippen LogP contribution >= 0.6 is 0 Å². The smallest absolute Gasteiger partial charge is 0.321 e. The van der Waals surface area contributed by atoms with Gasteiger partial charge in [0.05, 0.1) is 6.61 Å². The van der Waals surface area contributed by atoms with E-state index in [0.29, 0.717) is 6.29 Å². The van der Waals surface area contributed by atoms with Gasteiger partial charge in [-0.25, -0.2) is 8.42 Å². The van der Waals surface area contributed by atoms with Crippen LogP contribution in [-0.2, 0) is 25.1 Å². The van der Waals surface area contributed by atoms with Crippen molar-refractivity contribution in [3.05, 3.63) is 23.7 Å². The molecule has 17 heavy (non-hydrogen) atoms. The molecule has 1 aromatic rings. The van der Waals surface area contributed by atoms with E-state index in [9.17, 15) is 18.0 Å². The van der Waals surface area contributed by atoms with Gasteiger partial charge in [0.15, 0.2) is 21.9 Å². The molecule has 0 aromatic carbocycles. The van der Waals surface area contributed by atoms with Gasteiger partial charge in [0.25, 0.3) is 0 Å². The summed E-state index contributed by atoms with van der Waals surface area (Å²) in [5.41, 5.74) is 0. The van der Waals surface area contributed by atoms with Crippen LogP contribution in [0, 0.1) is 0 Å². The predicted octanol–water partition coefficient (Wildman–Crippen LogP) is 0.570. The van der Waals surface area contributed by atoms with Crippen LogP contribution in [0.25, 0.3) is 0 Å². The maximum absolute atomic E-state index is 11.5. The number of carbonyl (C=O) groups excluding carboxylic acids is 2. The molecule has 0 aliphatic rings. The molecule has 0 aliphatic heterocycles. The predicted molar refractivity (Wildman–Crippen MR) is 58.2 cm³/mol. The number of hydrogen-bond acceptors (Lipinski definition) is 6. The topological polar surface area (TPSA) is 90.7 Å². The monoisotopic (exact) mass is 260 g/mol. The summed E-state index contributed by atoms with van der Waals surface area (Å²) in [7, 11) is -3.64. The Morgan fingerprint density at radius 2 is 2.18 bits per heavy atom. The number of furan rings is 1. The number of carbonyl (C=O) groups is 2. The minimum absolute atomic E-state index is 0.0475. The van der Waals surface area contributed by atoms with Gasteiger partial charge in [0.2, 0.25) is 0 Å². The highest BCUT2D eigenvalue weighted by Crippen LogP contribution is 2.10. The zero-order valence-corrected chi connectivity index (χ0v) is 10.0. The van der Waals surface area contributed by atoms with Gasteiger partial charge in [-0.05, 0) is 19.1 Å². The summed E-state index contributed by atoms with van der Waals surface area (Å²) < 4.78 is 32.5. The molecule has 0 N–H and O–H groups in total. The molecule has 0 atom stereocenters. The maximum atomic E-state index is 11.5. The molecule has 1 rings (SSSR count). The van der Waals surface area contributed by atoms with Gasteiger partial charge in [0, 0.05) is 0 Å². The van der Waals surface area contributed by atoms with Gasteiger partial charge in [-0.2, -0.15) is 0 Å². The average Bonchev–Trinajstić information content (AvgIpc) is 2.63. The van der Waals surface area contributed by atoms with Crippen molar-refractivity contribution in [2.45, 2.75) is 12.7 Å². The van der Waals surface area contributed by atoms with E-state index in [1.54, 1.807) is 6.92 Å². The Balaban J connectivity index is 2.66. The number of esters is 1. The summed E-state index contributed by atoms with van der Waals surface area (Å²) >= 11 is 0. The first kappa shape index (κ1) is 13.4. The molecular formula is C10H12O6S. The molecule has 0 saturated heterocycles. The lowest BCUT2D eigenvalue weighted by molar-refractivity contribution is -0.139. The van der Waals surface area contributed by atoms with E-state index in [0.717, 1.165) is 0 Å². The van der Waals surface area contributed by atoms with Crippen LogP contribution in [0.3, 0.4) is 0 Å². The quantitative estimate of drug-likeness (QED) is 0.548. The molecule has 0 aliphatic carbocycles. The van der Waals surface area contributed by atoms with Crippen molar-refractivity contribution < 1.29 is 27.2 Å². The highest BCUT2D eigenvalue weighted by atomic mass is 32.2. The highest BCUT2D eigenvalue weighted by Gasteiger charge is 2.20. The molecule has 0 fully saturated rings. The lowest BCUT2D eigenvalue weighted by atomic mass is 10.4. The molecule has 1 aromatic heterocycles. The molecule has 0 unspecified atom stereocenters. The molecule has 1 heterocycles. The van der Waals surface area contributed by atoms with E-state index in [1.165, 1.54) is 12.1 Å². The second kappa shape index (κ2) is 5.62. The zero-order valence-electron chi connectivity index (χ0n) is 9.21. The Labute approximate surface area is 98.5 Å². The Hall–Kier alpha value is -1.63. The van der Waals surface area contributed by atoms with Crippen LogP contribution < -0.4 is 0 Å². The molecule has 0 spiro atoms. The molecule has 0 saturated carbocycles. The number of hydrogen-bond donors (Lipinski definition) is 0. The van der Waals surface area contributed by atoms with E-state index in [1.807, 2.05) is 0 Å². The van der Waals surface area contributed by atoms with Crippen LogP contribution in [0.5, 0.6) is 0 Å². The third kappa shape index (κ3) is 4.39. The van der Waals surface area contributed by atoms with Gasteiger partial charge in [-0.3, -0.25) is 9.59 Å². The SMILES string of the molecule is CCOC(=O)CS(=O)(=O)Cc1ccc(C=O)o1. The third-order valence-corrected chi connectivity index (χ3v) is 3.20. The van der Waals surface area contributed by atoms with Crippen molar-refractivity contribution in [3.63, 3.8) is 0 Å². The minimum Gasteiger partial charge on any atom is -0.465 e. The van der Waals surface area contributed by atoms with Gasteiger partial charge in [0.1, 0.15) is 17.3 Å². The van der Waals surface area contributed by atoms with Crippen LogP contribution in [0.4, 0.5) is 0 Å².